The Morgan fingerprint density at radius 1 is 0.889 bits per heavy atom. The number of rotatable bonds is 8. The van der Waals surface area contributed by atoms with Crippen molar-refractivity contribution in [3.63, 3.8) is 0 Å². The highest BCUT2D eigenvalue weighted by Crippen LogP contribution is 2.22. The Labute approximate surface area is 210 Å². The fourth-order valence-corrected chi connectivity index (χ4v) is 5.18. The van der Waals surface area contributed by atoms with Gasteiger partial charge >= 0.3 is 5.97 Å². The number of carboxylic acids is 1. The average Bonchev–Trinajstić information content (AvgIpc) is 3.40. The van der Waals surface area contributed by atoms with Crippen LogP contribution in [0.15, 0.2) is 89.3 Å². The molecule has 3 aromatic carbocycles. The zero-order chi connectivity index (χ0) is 25.9. The fourth-order valence-electron chi connectivity index (χ4n) is 3.39. The van der Waals surface area contributed by atoms with Gasteiger partial charge in [-0.05, 0) is 42.5 Å². The first-order valence-corrected chi connectivity index (χ1v) is 12.8. The van der Waals surface area contributed by atoms with Gasteiger partial charge in [0.1, 0.15) is 0 Å². The average molecular weight is 522 g/mol. The summed E-state index contributed by atoms with van der Waals surface area (Å²) in [6.07, 6.45) is 1.49. The Morgan fingerprint density at radius 3 is 2.08 bits per heavy atom. The van der Waals surface area contributed by atoms with Crippen molar-refractivity contribution in [1.82, 2.24) is 4.98 Å². The maximum absolute atomic E-state index is 13.0. The van der Waals surface area contributed by atoms with Crippen LogP contribution in [-0.4, -0.2) is 43.2 Å². The van der Waals surface area contributed by atoms with E-state index < -0.39 is 21.8 Å². The second-order valence-corrected chi connectivity index (χ2v) is 10.1. The minimum absolute atomic E-state index is 0.0202. The number of amides is 1. The lowest BCUT2D eigenvalue weighted by molar-refractivity contribution is 0.0692. The van der Waals surface area contributed by atoms with Gasteiger partial charge in [0.2, 0.25) is 0 Å². The number of carbonyl (C=O) groups is 3. The summed E-state index contributed by atoms with van der Waals surface area (Å²) in [4.78, 5) is 42.5. The molecule has 0 fully saturated rings. The maximum atomic E-state index is 13.0. The van der Waals surface area contributed by atoms with Gasteiger partial charge < -0.3 is 10.0 Å². The molecule has 182 valence electrons. The second kappa shape index (κ2) is 10.1. The van der Waals surface area contributed by atoms with Crippen LogP contribution in [0.2, 0.25) is 0 Å². The molecule has 0 aliphatic rings. The van der Waals surface area contributed by atoms with E-state index in [4.69, 9.17) is 0 Å². The van der Waals surface area contributed by atoms with Gasteiger partial charge in [-0.2, -0.15) is 0 Å². The van der Waals surface area contributed by atoms with Crippen LogP contribution in [-0.2, 0) is 10.0 Å². The molecule has 0 saturated carbocycles. The number of hydrogen-bond donors (Lipinski definition) is 2. The van der Waals surface area contributed by atoms with Crippen LogP contribution in [0.3, 0.4) is 0 Å². The molecule has 2 N–H and O–H groups in total. The summed E-state index contributed by atoms with van der Waals surface area (Å²) >= 11 is 1.16. The van der Waals surface area contributed by atoms with Crippen LogP contribution in [0.5, 0.6) is 0 Å². The normalized spacial score (nSPS) is 11.0. The van der Waals surface area contributed by atoms with E-state index in [9.17, 15) is 27.9 Å². The molecule has 1 amide bonds. The summed E-state index contributed by atoms with van der Waals surface area (Å²) in [6.45, 7) is 0. The molecule has 1 heterocycles. The van der Waals surface area contributed by atoms with Gasteiger partial charge in [0.15, 0.2) is 10.9 Å². The zero-order valence-electron chi connectivity index (χ0n) is 18.8. The molecule has 4 rings (SSSR count). The number of sulfonamides is 1. The second-order valence-electron chi connectivity index (χ2n) is 7.56. The summed E-state index contributed by atoms with van der Waals surface area (Å²) in [5.74, 6) is -2.05. The molecule has 0 aliphatic carbocycles. The van der Waals surface area contributed by atoms with E-state index in [1.54, 1.807) is 18.5 Å². The Morgan fingerprint density at radius 2 is 1.50 bits per heavy atom. The van der Waals surface area contributed by atoms with Crippen molar-refractivity contribution in [2.45, 2.75) is 4.90 Å². The highest BCUT2D eigenvalue weighted by Gasteiger charge is 2.20. The molecule has 0 radical (unpaired) electrons. The van der Waals surface area contributed by atoms with E-state index in [-0.39, 0.29) is 32.6 Å². The summed E-state index contributed by atoms with van der Waals surface area (Å²) in [7, 11) is -2.27. The largest absolute Gasteiger partial charge is 0.478 e. The van der Waals surface area contributed by atoms with Gasteiger partial charge in [0.05, 0.1) is 10.5 Å². The molecule has 11 heteroatoms. The van der Waals surface area contributed by atoms with Crippen molar-refractivity contribution in [2.75, 3.05) is 16.7 Å². The molecule has 0 bridgehead atoms. The van der Waals surface area contributed by atoms with Gasteiger partial charge in [0.25, 0.3) is 15.9 Å². The van der Waals surface area contributed by atoms with Crippen molar-refractivity contribution in [3.8, 4) is 0 Å². The lowest BCUT2D eigenvalue weighted by Crippen LogP contribution is -2.26. The van der Waals surface area contributed by atoms with E-state index in [2.05, 4.69) is 9.71 Å². The van der Waals surface area contributed by atoms with E-state index in [0.29, 0.717) is 11.3 Å². The lowest BCUT2D eigenvalue weighted by atomic mass is 9.97. The molecule has 0 unspecified atom stereocenters. The summed E-state index contributed by atoms with van der Waals surface area (Å²) in [5.41, 5.74) is 0.951. The number of carboxylic acid groups (broad SMARTS) is 1. The van der Waals surface area contributed by atoms with Crippen molar-refractivity contribution in [1.29, 1.82) is 0 Å². The van der Waals surface area contributed by atoms with Gasteiger partial charge in [-0.1, -0.05) is 30.3 Å². The number of aromatic nitrogens is 1. The van der Waals surface area contributed by atoms with Crippen molar-refractivity contribution >= 4 is 49.8 Å². The number of carbonyl (C=O) groups excluding carboxylic acids is 2. The molecular weight excluding hydrogens is 502 g/mol. The van der Waals surface area contributed by atoms with E-state index >= 15 is 0 Å². The number of anilines is 2. The van der Waals surface area contributed by atoms with Crippen LogP contribution in [0.1, 0.15) is 36.6 Å². The predicted molar refractivity (Wildman–Crippen MR) is 135 cm³/mol. The molecular formula is C25H19N3O6S2. The SMILES string of the molecule is CN(C(=O)c1ccc(C(=O)c2ccccc2C(=O)O)cc1)c1ccc(S(=O)(=O)Nc2nccs2)cc1. The number of thiazole rings is 1. The Hall–Kier alpha value is -4.35. The Bertz CT molecular complexity index is 1530. The topological polar surface area (TPSA) is 134 Å². The first-order chi connectivity index (χ1) is 17.2. The smallest absolute Gasteiger partial charge is 0.336 e. The zero-order valence-corrected chi connectivity index (χ0v) is 20.4. The minimum Gasteiger partial charge on any atom is -0.478 e. The van der Waals surface area contributed by atoms with Crippen LogP contribution in [0.25, 0.3) is 0 Å². The first-order valence-electron chi connectivity index (χ1n) is 10.4. The Kier molecular flexibility index (Phi) is 6.95. The third-order valence-electron chi connectivity index (χ3n) is 5.29. The van der Waals surface area contributed by atoms with E-state index in [1.165, 1.54) is 77.8 Å². The Balaban J connectivity index is 1.49. The number of hydrogen-bond acceptors (Lipinski definition) is 7. The summed E-state index contributed by atoms with van der Waals surface area (Å²) in [5, 5.41) is 11.2. The highest BCUT2D eigenvalue weighted by atomic mass is 32.2. The fraction of sp³-hybridized carbons (Fsp3) is 0.0400. The molecule has 0 spiro atoms. The molecule has 0 atom stereocenters. The van der Waals surface area contributed by atoms with Crippen molar-refractivity contribution < 1.29 is 27.9 Å². The van der Waals surface area contributed by atoms with E-state index in [0.717, 1.165) is 11.3 Å². The summed E-state index contributed by atoms with van der Waals surface area (Å²) < 4.78 is 27.4. The van der Waals surface area contributed by atoms with Gasteiger partial charge in [-0.25, -0.2) is 18.2 Å². The molecule has 4 aromatic rings. The van der Waals surface area contributed by atoms with Gasteiger partial charge in [0, 0.05) is 41.0 Å². The van der Waals surface area contributed by atoms with E-state index in [1.807, 2.05) is 0 Å². The van der Waals surface area contributed by atoms with Gasteiger partial charge in [-0.3, -0.25) is 14.3 Å². The molecule has 36 heavy (non-hydrogen) atoms. The number of aromatic carboxylic acids is 1. The number of benzene rings is 3. The third-order valence-corrected chi connectivity index (χ3v) is 7.46. The van der Waals surface area contributed by atoms with Crippen LogP contribution in [0.4, 0.5) is 10.8 Å². The predicted octanol–water partition coefficient (Wildman–Crippen LogP) is 4.15. The number of nitrogens with one attached hydrogen (secondary N) is 1. The van der Waals surface area contributed by atoms with Crippen molar-refractivity contribution in [3.05, 3.63) is 107 Å². The standard InChI is InChI=1S/C25H19N3O6S2/c1-28(18-10-12-19(13-11-18)36(33,34)27-25-26-14-15-35-25)23(30)17-8-6-16(7-9-17)22(29)20-4-2-3-5-21(20)24(31)32/h2-15H,1H3,(H,26,27)(H,31,32). The highest BCUT2D eigenvalue weighted by molar-refractivity contribution is 7.93. The number of ketones is 1. The van der Waals surface area contributed by atoms with Crippen molar-refractivity contribution in [2.24, 2.45) is 0 Å². The molecule has 9 nitrogen and oxygen atoms in total. The maximum Gasteiger partial charge on any atom is 0.336 e. The molecule has 1 aromatic heterocycles. The van der Waals surface area contributed by atoms with Crippen LogP contribution < -0.4 is 9.62 Å². The minimum atomic E-state index is -3.82. The van der Waals surface area contributed by atoms with Gasteiger partial charge in [-0.15, -0.1) is 11.3 Å². The number of nitrogens with zero attached hydrogens (tertiary/aromatic N) is 2. The molecule has 0 aliphatic heterocycles. The quantitative estimate of drug-likeness (QED) is 0.333. The first kappa shape index (κ1) is 24.8. The third kappa shape index (κ3) is 5.16. The summed E-state index contributed by atoms with van der Waals surface area (Å²) in [6, 6.07) is 17.6. The lowest BCUT2D eigenvalue weighted by Gasteiger charge is -2.18. The monoisotopic (exact) mass is 521 g/mol. The van der Waals surface area contributed by atoms with Crippen LogP contribution in [0, 0.1) is 0 Å². The molecule has 0 saturated heterocycles. The van der Waals surface area contributed by atoms with Crippen LogP contribution >= 0.6 is 11.3 Å².